The zero-order chi connectivity index (χ0) is 34.5. The van der Waals surface area contributed by atoms with E-state index in [-0.39, 0.29) is 12.6 Å². The van der Waals surface area contributed by atoms with Gasteiger partial charge in [-0.2, -0.15) is 0 Å². The third-order valence-electron chi connectivity index (χ3n) is 8.15. The second-order valence-electron chi connectivity index (χ2n) is 12.6. The third kappa shape index (κ3) is 32.2. The molecule has 0 amide bonds. The number of hydrogen-bond donors (Lipinski definition) is 0. The molecule has 0 saturated carbocycles. The molecule has 0 aliphatic carbocycles. The molecule has 0 N–H and O–H groups in total. The minimum atomic E-state index is -0.414. The Balaban J connectivity index is 4.05. The normalized spacial score (nSPS) is 13.6. The van der Waals surface area contributed by atoms with Gasteiger partial charge in [-0.25, -0.2) is 0 Å². The van der Waals surface area contributed by atoms with Crippen LogP contribution < -0.4 is 0 Å². The first-order chi connectivity index (χ1) is 23.1. The van der Waals surface area contributed by atoms with Crippen LogP contribution in [0.5, 0.6) is 0 Å². The lowest BCUT2D eigenvalue weighted by molar-refractivity contribution is -0.188. The van der Waals surface area contributed by atoms with Gasteiger partial charge in [-0.15, -0.1) is 0 Å². The maximum Gasteiger partial charge on any atom is 0.179 e. The molecule has 0 spiro atoms. The van der Waals surface area contributed by atoms with Gasteiger partial charge in [0.25, 0.3) is 0 Å². The van der Waals surface area contributed by atoms with E-state index < -0.39 is 12.6 Å². The minimum absolute atomic E-state index is 0.0295. The minimum Gasteiger partial charge on any atom is -0.353 e. The maximum atomic E-state index is 5.99. The molecule has 0 aliphatic rings. The molecule has 2 atom stereocenters. The molecule has 0 aromatic heterocycles. The summed E-state index contributed by atoms with van der Waals surface area (Å²) < 4.78 is 40.9. The molecule has 0 fully saturated rings. The molecule has 0 radical (unpaired) electrons. The van der Waals surface area contributed by atoms with Crippen molar-refractivity contribution in [3.05, 3.63) is 24.3 Å². The monoisotopic (exact) mass is 671 g/mol. The lowest BCUT2D eigenvalue weighted by Crippen LogP contribution is -2.22. The van der Waals surface area contributed by atoms with E-state index in [4.69, 9.17) is 33.2 Å². The average Bonchev–Trinajstić information content (AvgIpc) is 3.08. The van der Waals surface area contributed by atoms with Gasteiger partial charge in [0.15, 0.2) is 25.2 Å². The number of rotatable bonds is 38. The van der Waals surface area contributed by atoms with Crippen LogP contribution in [-0.4, -0.2) is 65.8 Å². The van der Waals surface area contributed by atoms with Crippen LogP contribution >= 0.6 is 0 Å². The van der Waals surface area contributed by atoms with Gasteiger partial charge < -0.3 is 33.2 Å². The van der Waals surface area contributed by atoms with Crippen molar-refractivity contribution in [2.24, 2.45) is 0 Å². The van der Waals surface area contributed by atoms with E-state index in [0.717, 1.165) is 116 Å². The summed E-state index contributed by atoms with van der Waals surface area (Å²) in [5.41, 5.74) is 0. The van der Waals surface area contributed by atoms with E-state index in [9.17, 15) is 0 Å². The maximum absolute atomic E-state index is 5.99. The Morgan fingerprint density at radius 3 is 1.04 bits per heavy atom. The van der Waals surface area contributed by atoms with Crippen LogP contribution in [0.3, 0.4) is 0 Å². The van der Waals surface area contributed by atoms with Crippen molar-refractivity contribution in [1.82, 2.24) is 0 Å². The molecule has 0 aromatic carbocycles. The molecule has 2 unspecified atom stereocenters. The van der Waals surface area contributed by atoms with E-state index in [2.05, 4.69) is 39.8 Å². The second-order valence-corrected chi connectivity index (χ2v) is 12.6. The van der Waals surface area contributed by atoms with Crippen LogP contribution in [0.1, 0.15) is 169 Å². The van der Waals surface area contributed by atoms with Crippen molar-refractivity contribution in [2.75, 3.05) is 40.6 Å². The molecule has 0 aromatic rings. The predicted octanol–water partition coefficient (Wildman–Crippen LogP) is 11.4. The number of ether oxygens (including phenoxy) is 7. The summed E-state index contributed by atoms with van der Waals surface area (Å²) in [5, 5.41) is 0. The van der Waals surface area contributed by atoms with Gasteiger partial charge in [-0.05, 0) is 89.2 Å². The quantitative estimate of drug-likeness (QED) is 0.0368. The van der Waals surface area contributed by atoms with Gasteiger partial charge in [-0.3, -0.25) is 0 Å². The Labute approximate surface area is 291 Å². The van der Waals surface area contributed by atoms with E-state index in [0.29, 0.717) is 0 Å². The molecular weight excluding hydrogens is 592 g/mol. The highest BCUT2D eigenvalue weighted by molar-refractivity contribution is 4.89. The molecule has 0 bridgehead atoms. The summed E-state index contributed by atoms with van der Waals surface area (Å²) in [7, 11) is 3.35. The fourth-order valence-electron chi connectivity index (χ4n) is 4.98. The van der Waals surface area contributed by atoms with Crippen LogP contribution in [0.15, 0.2) is 24.3 Å². The number of methoxy groups -OCH3 is 2. The van der Waals surface area contributed by atoms with Gasteiger partial charge in [0, 0.05) is 40.6 Å². The van der Waals surface area contributed by atoms with Crippen molar-refractivity contribution >= 4 is 0 Å². The van der Waals surface area contributed by atoms with Crippen LogP contribution in [0, 0.1) is 0 Å². The molecule has 7 heteroatoms. The van der Waals surface area contributed by atoms with E-state index in [1.807, 2.05) is 12.2 Å². The van der Waals surface area contributed by atoms with Crippen molar-refractivity contribution in [3.8, 4) is 0 Å². The second kappa shape index (κ2) is 38.0. The van der Waals surface area contributed by atoms with Crippen LogP contribution in [-0.2, 0) is 33.2 Å². The van der Waals surface area contributed by atoms with Crippen molar-refractivity contribution in [3.63, 3.8) is 0 Å². The summed E-state index contributed by atoms with van der Waals surface area (Å²) >= 11 is 0. The van der Waals surface area contributed by atoms with Gasteiger partial charge in [-0.1, -0.05) is 104 Å². The van der Waals surface area contributed by atoms with Gasteiger partial charge in [0.05, 0.1) is 0 Å². The Hall–Kier alpha value is -0.800. The zero-order valence-corrected chi connectivity index (χ0v) is 31.9. The smallest absolute Gasteiger partial charge is 0.179 e. The molecule has 0 heterocycles. The van der Waals surface area contributed by atoms with Gasteiger partial charge >= 0.3 is 0 Å². The van der Waals surface area contributed by atoms with Gasteiger partial charge in [0.2, 0.25) is 0 Å². The van der Waals surface area contributed by atoms with Crippen molar-refractivity contribution in [1.29, 1.82) is 0 Å². The fourth-order valence-corrected chi connectivity index (χ4v) is 4.98. The first-order valence-corrected chi connectivity index (χ1v) is 19.7. The third-order valence-corrected chi connectivity index (χ3v) is 8.15. The Morgan fingerprint density at radius 2 is 0.723 bits per heavy atom. The van der Waals surface area contributed by atoms with Crippen LogP contribution in [0.25, 0.3) is 0 Å². The Kier molecular flexibility index (Phi) is 37.4. The first kappa shape index (κ1) is 46.2. The fraction of sp³-hybridized carbons (Fsp3) is 0.900. The summed E-state index contributed by atoms with van der Waals surface area (Å²) in [6.07, 6.45) is 32.6. The number of hydrogen-bond acceptors (Lipinski definition) is 7. The van der Waals surface area contributed by atoms with Gasteiger partial charge in [0.1, 0.15) is 0 Å². The largest absolute Gasteiger partial charge is 0.353 e. The van der Waals surface area contributed by atoms with E-state index >= 15 is 0 Å². The Bertz CT molecular complexity index is 582. The molecular formula is C40H78O7. The van der Waals surface area contributed by atoms with E-state index in [1.165, 1.54) is 51.4 Å². The number of unbranched alkanes of at least 4 members (excludes halogenated alkanes) is 14. The van der Waals surface area contributed by atoms with Crippen LogP contribution in [0.4, 0.5) is 0 Å². The SMILES string of the molecule is CCCCOC(CCCCCCCC=CC(OC)OC(C=CCCCCCCCC(OCCCC)OCCCC)OC)OCCCC. The molecule has 0 rings (SSSR count). The van der Waals surface area contributed by atoms with Crippen LogP contribution in [0.2, 0.25) is 0 Å². The van der Waals surface area contributed by atoms with E-state index in [1.54, 1.807) is 14.2 Å². The summed E-state index contributed by atoms with van der Waals surface area (Å²) in [6, 6.07) is 0. The first-order valence-electron chi connectivity index (χ1n) is 19.7. The lowest BCUT2D eigenvalue weighted by Gasteiger charge is -2.18. The zero-order valence-electron chi connectivity index (χ0n) is 31.9. The highest BCUT2D eigenvalue weighted by Gasteiger charge is 2.11. The standard InChI is InChI=1S/C40H78O7/c1-7-11-33-43-39(44-34-12-8-2)31-27-23-19-15-17-21-25-29-37(41-5)47-38(42-6)30-26-22-18-16-20-24-28-32-40(45-35-13-9-3)46-36-14-10-4/h25-26,29-30,37-40H,7-24,27-28,31-36H2,1-6H3. The molecule has 0 saturated heterocycles. The molecule has 280 valence electrons. The highest BCUT2D eigenvalue weighted by Crippen LogP contribution is 2.15. The molecule has 0 aliphatic heterocycles. The molecule has 47 heavy (non-hydrogen) atoms. The summed E-state index contributed by atoms with van der Waals surface area (Å²) in [4.78, 5) is 0. The van der Waals surface area contributed by atoms with Crippen molar-refractivity contribution < 1.29 is 33.2 Å². The summed E-state index contributed by atoms with van der Waals surface area (Å²) in [5.74, 6) is 0. The number of allylic oxidation sites excluding steroid dienone is 2. The topological polar surface area (TPSA) is 64.6 Å². The average molecular weight is 671 g/mol. The predicted molar refractivity (Wildman–Crippen MR) is 197 cm³/mol. The summed E-state index contributed by atoms with van der Waals surface area (Å²) in [6.45, 7) is 12.0. The molecule has 7 nitrogen and oxygen atoms in total. The lowest BCUT2D eigenvalue weighted by atomic mass is 10.1. The Morgan fingerprint density at radius 1 is 0.404 bits per heavy atom. The highest BCUT2D eigenvalue weighted by atomic mass is 16.8. The van der Waals surface area contributed by atoms with Crippen molar-refractivity contribution in [2.45, 2.75) is 194 Å².